The van der Waals surface area contributed by atoms with Crippen molar-refractivity contribution in [3.05, 3.63) is 33.7 Å². The number of hydrogen-bond donors (Lipinski definition) is 1. The molecular formula is C15H18N4O3S. The molecule has 2 aromatic heterocycles. The summed E-state index contributed by atoms with van der Waals surface area (Å²) in [5.74, 6) is -0.316. The molecule has 1 N–H and O–H groups in total. The Balaban J connectivity index is 1.61. The van der Waals surface area contributed by atoms with Crippen LogP contribution in [0.4, 0.5) is 0 Å². The lowest BCUT2D eigenvalue weighted by molar-refractivity contribution is -0.130. The molecule has 1 fully saturated rings. The fourth-order valence-electron chi connectivity index (χ4n) is 2.65. The lowest BCUT2D eigenvalue weighted by Gasteiger charge is -2.20. The van der Waals surface area contributed by atoms with Crippen LogP contribution in [0.15, 0.2) is 22.6 Å². The van der Waals surface area contributed by atoms with Crippen molar-refractivity contribution < 1.29 is 9.59 Å². The first-order valence-corrected chi connectivity index (χ1v) is 8.55. The van der Waals surface area contributed by atoms with Gasteiger partial charge in [0.1, 0.15) is 5.56 Å². The normalized spacial score (nSPS) is 15.7. The Morgan fingerprint density at radius 2 is 2.17 bits per heavy atom. The number of thiazole rings is 1. The zero-order valence-electron chi connectivity index (χ0n) is 12.7. The van der Waals surface area contributed by atoms with Gasteiger partial charge in [-0.1, -0.05) is 6.42 Å². The summed E-state index contributed by atoms with van der Waals surface area (Å²) in [7, 11) is 0. The first-order valence-electron chi connectivity index (χ1n) is 7.67. The van der Waals surface area contributed by atoms with Gasteiger partial charge >= 0.3 is 0 Å². The molecule has 1 aliphatic rings. The third-order valence-electron chi connectivity index (χ3n) is 3.93. The molecule has 0 saturated carbocycles. The molecule has 0 radical (unpaired) electrons. The number of carbonyl (C=O) groups is 2. The SMILES string of the molecule is O=C(NCCN1CCCCCC1=O)c1cnc2sccn2c1=O. The summed E-state index contributed by atoms with van der Waals surface area (Å²) in [6.07, 6.45) is 6.49. The second-order valence-electron chi connectivity index (χ2n) is 5.48. The number of nitrogens with one attached hydrogen (secondary N) is 1. The average molecular weight is 334 g/mol. The summed E-state index contributed by atoms with van der Waals surface area (Å²) in [5.41, 5.74) is -0.359. The number of carbonyl (C=O) groups excluding carboxylic acids is 2. The minimum Gasteiger partial charge on any atom is -0.350 e. The van der Waals surface area contributed by atoms with E-state index in [0.29, 0.717) is 24.5 Å². The Morgan fingerprint density at radius 1 is 1.30 bits per heavy atom. The lowest BCUT2D eigenvalue weighted by Crippen LogP contribution is -2.39. The van der Waals surface area contributed by atoms with Crippen LogP contribution in [-0.4, -0.2) is 45.7 Å². The Labute approximate surface area is 136 Å². The van der Waals surface area contributed by atoms with Gasteiger partial charge in [0.15, 0.2) is 4.96 Å². The summed E-state index contributed by atoms with van der Waals surface area (Å²) in [5, 5.41) is 4.45. The maximum atomic E-state index is 12.2. The molecular weight excluding hydrogens is 316 g/mol. The van der Waals surface area contributed by atoms with Gasteiger partial charge in [-0.3, -0.25) is 18.8 Å². The van der Waals surface area contributed by atoms with Gasteiger partial charge < -0.3 is 10.2 Å². The van der Waals surface area contributed by atoms with E-state index in [9.17, 15) is 14.4 Å². The van der Waals surface area contributed by atoms with Crippen LogP contribution in [0.2, 0.25) is 0 Å². The van der Waals surface area contributed by atoms with Crippen LogP contribution < -0.4 is 10.9 Å². The van der Waals surface area contributed by atoms with E-state index in [1.807, 2.05) is 0 Å². The van der Waals surface area contributed by atoms with Gasteiger partial charge in [-0.2, -0.15) is 0 Å². The van der Waals surface area contributed by atoms with Crippen molar-refractivity contribution in [3.8, 4) is 0 Å². The number of aromatic nitrogens is 2. The van der Waals surface area contributed by atoms with Crippen molar-refractivity contribution in [3.63, 3.8) is 0 Å². The molecule has 7 nitrogen and oxygen atoms in total. The van der Waals surface area contributed by atoms with Gasteiger partial charge in [-0.15, -0.1) is 11.3 Å². The number of hydrogen-bond acceptors (Lipinski definition) is 5. The van der Waals surface area contributed by atoms with Crippen LogP contribution in [0.3, 0.4) is 0 Å². The summed E-state index contributed by atoms with van der Waals surface area (Å²) in [4.78, 5) is 42.7. The molecule has 0 atom stereocenters. The number of amides is 2. The first kappa shape index (κ1) is 15.7. The fraction of sp³-hybridized carbons (Fsp3) is 0.467. The molecule has 2 aromatic rings. The average Bonchev–Trinajstić information content (AvgIpc) is 2.93. The third-order valence-corrected chi connectivity index (χ3v) is 4.70. The fourth-order valence-corrected chi connectivity index (χ4v) is 3.33. The molecule has 3 rings (SSSR count). The number of likely N-dealkylation sites (tertiary alicyclic amines) is 1. The summed E-state index contributed by atoms with van der Waals surface area (Å²) < 4.78 is 1.36. The lowest BCUT2D eigenvalue weighted by atomic mass is 10.2. The standard InChI is InChI=1S/C15H18N4O3S/c20-12-4-2-1-3-6-18(12)7-5-16-13(21)11-10-17-15-19(14(11)22)8-9-23-15/h8-10H,1-7H2,(H,16,21). The topological polar surface area (TPSA) is 83.8 Å². The molecule has 0 spiro atoms. The second kappa shape index (κ2) is 6.91. The Kier molecular flexibility index (Phi) is 4.71. The van der Waals surface area contributed by atoms with E-state index in [-0.39, 0.29) is 17.0 Å². The minimum absolute atomic E-state index is 0.0168. The van der Waals surface area contributed by atoms with Crippen molar-refractivity contribution in [2.24, 2.45) is 0 Å². The van der Waals surface area contributed by atoms with Crippen LogP contribution >= 0.6 is 11.3 Å². The zero-order chi connectivity index (χ0) is 16.2. The monoisotopic (exact) mass is 334 g/mol. The van der Waals surface area contributed by atoms with E-state index >= 15 is 0 Å². The maximum absolute atomic E-state index is 12.2. The molecule has 0 bridgehead atoms. The predicted molar refractivity (Wildman–Crippen MR) is 86.7 cm³/mol. The van der Waals surface area contributed by atoms with Crippen molar-refractivity contribution in [2.75, 3.05) is 19.6 Å². The second-order valence-corrected chi connectivity index (χ2v) is 6.35. The van der Waals surface area contributed by atoms with E-state index in [2.05, 4.69) is 10.3 Å². The van der Waals surface area contributed by atoms with Crippen LogP contribution in [0.1, 0.15) is 36.0 Å². The van der Waals surface area contributed by atoms with Crippen LogP contribution in [-0.2, 0) is 4.79 Å². The van der Waals surface area contributed by atoms with E-state index in [0.717, 1.165) is 25.8 Å². The molecule has 0 aromatic carbocycles. The minimum atomic E-state index is -0.453. The zero-order valence-corrected chi connectivity index (χ0v) is 13.5. The summed E-state index contributed by atoms with van der Waals surface area (Å²) in [6.45, 7) is 1.54. The smallest absolute Gasteiger partial charge is 0.271 e. The predicted octanol–water partition coefficient (Wildman–Crippen LogP) is 0.888. The largest absolute Gasteiger partial charge is 0.350 e. The Hall–Kier alpha value is -2.22. The first-order chi connectivity index (χ1) is 11.2. The molecule has 0 aliphatic carbocycles. The Bertz CT molecular complexity index is 782. The van der Waals surface area contributed by atoms with E-state index in [1.165, 1.54) is 21.9 Å². The van der Waals surface area contributed by atoms with Gasteiger partial charge in [0.2, 0.25) is 5.91 Å². The summed E-state index contributed by atoms with van der Waals surface area (Å²) in [6, 6.07) is 0. The van der Waals surface area contributed by atoms with Gasteiger partial charge in [0, 0.05) is 43.8 Å². The van der Waals surface area contributed by atoms with Crippen molar-refractivity contribution in [1.29, 1.82) is 0 Å². The quantitative estimate of drug-likeness (QED) is 0.900. The molecule has 1 aliphatic heterocycles. The molecule has 122 valence electrons. The number of rotatable bonds is 4. The van der Waals surface area contributed by atoms with Gasteiger partial charge in [-0.25, -0.2) is 4.98 Å². The highest BCUT2D eigenvalue weighted by molar-refractivity contribution is 7.15. The summed E-state index contributed by atoms with van der Waals surface area (Å²) >= 11 is 1.34. The van der Waals surface area contributed by atoms with Crippen molar-refractivity contribution in [1.82, 2.24) is 19.6 Å². The van der Waals surface area contributed by atoms with Gasteiger partial charge in [-0.05, 0) is 12.8 Å². The Morgan fingerprint density at radius 3 is 3.04 bits per heavy atom. The van der Waals surface area contributed by atoms with E-state index in [4.69, 9.17) is 0 Å². The van der Waals surface area contributed by atoms with E-state index < -0.39 is 5.91 Å². The van der Waals surface area contributed by atoms with Gasteiger partial charge in [0.25, 0.3) is 11.5 Å². The molecule has 2 amide bonds. The van der Waals surface area contributed by atoms with Crippen LogP contribution in [0, 0.1) is 0 Å². The molecule has 3 heterocycles. The highest BCUT2D eigenvalue weighted by atomic mass is 32.1. The molecule has 23 heavy (non-hydrogen) atoms. The molecule has 0 unspecified atom stereocenters. The third kappa shape index (κ3) is 3.42. The van der Waals surface area contributed by atoms with Crippen LogP contribution in [0.5, 0.6) is 0 Å². The maximum Gasteiger partial charge on any atom is 0.271 e. The number of fused-ring (bicyclic) bond motifs is 1. The van der Waals surface area contributed by atoms with Crippen molar-refractivity contribution in [2.45, 2.75) is 25.7 Å². The van der Waals surface area contributed by atoms with Gasteiger partial charge in [0.05, 0.1) is 0 Å². The molecule has 8 heteroatoms. The van der Waals surface area contributed by atoms with E-state index in [1.54, 1.807) is 16.5 Å². The highest BCUT2D eigenvalue weighted by Crippen LogP contribution is 2.10. The number of nitrogens with zero attached hydrogens (tertiary/aromatic N) is 3. The van der Waals surface area contributed by atoms with Crippen molar-refractivity contribution >= 4 is 28.1 Å². The molecule has 1 saturated heterocycles. The van der Waals surface area contributed by atoms with Crippen LogP contribution in [0.25, 0.3) is 4.96 Å². The highest BCUT2D eigenvalue weighted by Gasteiger charge is 2.17.